The second-order valence-electron chi connectivity index (χ2n) is 4.65. The van der Waals surface area contributed by atoms with Gasteiger partial charge in [0.15, 0.2) is 6.29 Å². The molecule has 0 aliphatic carbocycles. The molecule has 0 bridgehead atoms. The van der Waals surface area contributed by atoms with E-state index in [4.69, 9.17) is 15.2 Å². The minimum absolute atomic E-state index is 0.204. The molecule has 0 saturated heterocycles. The summed E-state index contributed by atoms with van der Waals surface area (Å²) >= 11 is 0. The largest absolute Gasteiger partial charge is 0.486 e. The third kappa shape index (κ3) is 3.95. The summed E-state index contributed by atoms with van der Waals surface area (Å²) in [5, 5.41) is 0. The number of nitrogens with two attached hydrogens (primary N) is 1. The molecule has 24 heavy (non-hydrogen) atoms. The molecule has 2 heterocycles. The zero-order valence-electron chi connectivity index (χ0n) is 13.5. The first kappa shape index (κ1) is 17.1. The predicted octanol–water partition coefficient (Wildman–Crippen LogP) is 1.77. The van der Waals surface area contributed by atoms with Gasteiger partial charge in [-0.3, -0.25) is 14.8 Å². The lowest BCUT2D eigenvalue weighted by Crippen LogP contribution is -2.09. The van der Waals surface area contributed by atoms with Crippen molar-refractivity contribution in [3.63, 3.8) is 0 Å². The van der Waals surface area contributed by atoms with Crippen LogP contribution in [-0.4, -0.2) is 36.1 Å². The topological polar surface area (TPSA) is 99.7 Å². The standard InChI is InChI=1S/C17H18N4O3/c1-19-14(5-6-18)17-12(4-3-7-20-17)11-24-15-9-21-16(23-2)8-13(15)10-22/h3-10H,11,18H2,1-2H3/b6-5-,19-14?. The molecule has 124 valence electrons. The fourth-order valence-electron chi connectivity index (χ4n) is 2.05. The molecule has 0 aliphatic heterocycles. The van der Waals surface area contributed by atoms with Crippen molar-refractivity contribution in [1.82, 2.24) is 9.97 Å². The number of aliphatic imine (C=N–C) groups is 1. The van der Waals surface area contributed by atoms with Gasteiger partial charge in [-0.15, -0.1) is 0 Å². The number of carbonyl (C=O) groups excluding carboxylic acids is 1. The second kappa shape index (κ2) is 8.42. The maximum absolute atomic E-state index is 11.2. The number of hydrogen-bond acceptors (Lipinski definition) is 7. The molecule has 0 radical (unpaired) electrons. The van der Waals surface area contributed by atoms with Crippen LogP contribution in [0, 0.1) is 0 Å². The Morgan fingerprint density at radius 2 is 2.25 bits per heavy atom. The monoisotopic (exact) mass is 326 g/mol. The van der Waals surface area contributed by atoms with Crippen LogP contribution in [0.3, 0.4) is 0 Å². The Hall–Kier alpha value is -3.22. The van der Waals surface area contributed by atoms with E-state index in [0.29, 0.717) is 34.9 Å². The number of carbonyl (C=O) groups is 1. The van der Waals surface area contributed by atoms with Gasteiger partial charge in [0.25, 0.3) is 0 Å². The zero-order chi connectivity index (χ0) is 17.4. The van der Waals surface area contributed by atoms with Crippen molar-refractivity contribution >= 4 is 12.0 Å². The minimum atomic E-state index is 0.204. The lowest BCUT2D eigenvalue weighted by atomic mass is 10.1. The molecule has 0 fully saturated rings. The van der Waals surface area contributed by atoms with Crippen LogP contribution in [0.15, 0.2) is 47.9 Å². The molecule has 7 nitrogen and oxygen atoms in total. The molecule has 0 unspecified atom stereocenters. The summed E-state index contributed by atoms with van der Waals surface area (Å²) < 4.78 is 10.7. The van der Waals surface area contributed by atoms with Crippen molar-refractivity contribution in [3.05, 3.63) is 59.7 Å². The molecule has 0 spiro atoms. The van der Waals surface area contributed by atoms with Crippen molar-refractivity contribution < 1.29 is 14.3 Å². The van der Waals surface area contributed by atoms with Crippen molar-refractivity contribution in [2.45, 2.75) is 6.61 Å². The number of aldehydes is 1. The van der Waals surface area contributed by atoms with Gasteiger partial charge in [-0.25, -0.2) is 4.98 Å². The summed E-state index contributed by atoms with van der Waals surface area (Å²) in [4.78, 5) is 23.7. The molecule has 2 aromatic heterocycles. The zero-order valence-corrected chi connectivity index (χ0v) is 13.5. The van der Waals surface area contributed by atoms with Gasteiger partial charge in [0.05, 0.1) is 30.3 Å². The van der Waals surface area contributed by atoms with E-state index in [-0.39, 0.29) is 6.61 Å². The highest BCUT2D eigenvalue weighted by molar-refractivity contribution is 6.08. The van der Waals surface area contributed by atoms with Gasteiger partial charge in [0, 0.05) is 24.9 Å². The van der Waals surface area contributed by atoms with Gasteiger partial charge in [-0.2, -0.15) is 0 Å². The smallest absolute Gasteiger partial charge is 0.213 e. The molecule has 2 rings (SSSR count). The lowest BCUT2D eigenvalue weighted by molar-refractivity contribution is 0.111. The molecular formula is C17H18N4O3. The number of nitrogens with zero attached hydrogens (tertiary/aromatic N) is 3. The van der Waals surface area contributed by atoms with E-state index in [1.165, 1.54) is 25.6 Å². The van der Waals surface area contributed by atoms with E-state index in [0.717, 1.165) is 5.56 Å². The predicted molar refractivity (Wildman–Crippen MR) is 90.5 cm³/mol. The van der Waals surface area contributed by atoms with E-state index in [2.05, 4.69) is 15.0 Å². The summed E-state index contributed by atoms with van der Waals surface area (Å²) in [6.07, 6.45) is 6.88. The Balaban J connectivity index is 2.26. The SMILES string of the molecule is CN=C(/C=C\N)c1ncccc1COc1cnc(OC)cc1C=O. The van der Waals surface area contributed by atoms with E-state index in [1.54, 1.807) is 25.4 Å². The number of hydrogen-bond donors (Lipinski definition) is 1. The Morgan fingerprint density at radius 1 is 1.42 bits per heavy atom. The van der Waals surface area contributed by atoms with Crippen molar-refractivity contribution in [2.75, 3.05) is 14.2 Å². The third-order valence-electron chi connectivity index (χ3n) is 3.22. The van der Waals surface area contributed by atoms with Gasteiger partial charge in [-0.1, -0.05) is 6.07 Å². The van der Waals surface area contributed by atoms with Crippen LogP contribution in [0.1, 0.15) is 21.6 Å². The van der Waals surface area contributed by atoms with E-state index in [1.807, 2.05) is 6.07 Å². The maximum atomic E-state index is 11.2. The molecule has 0 aromatic carbocycles. The molecule has 0 saturated carbocycles. The molecule has 2 aromatic rings. The van der Waals surface area contributed by atoms with Crippen LogP contribution < -0.4 is 15.2 Å². The Labute approximate surface area is 139 Å². The summed E-state index contributed by atoms with van der Waals surface area (Å²) in [5.41, 5.74) is 7.91. The second-order valence-corrected chi connectivity index (χ2v) is 4.65. The minimum Gasteiger partial charge on any atom is -0.486 e. The Morgan fingerprint density at radius 3 is 2.92 bits per heavy atom. The van der Waals surface area contributed by atoms with Gasteiger partial charge >= 0.3 is 0 Å². The first-order chi connectivity index (χ1) is 11.7. The van der Waals surface area contributed by atoms with Crippen LogP contribution in [-0.2, 0) is 6.61 Å². The van der Waals surface area contributed by atoms with Crippen LogP contribution in [0.25, 0.3) is 0 Å². The summed E-state index contributed by atoms with van der Waals surface area (Å²) in [6.45, 7) is 0.204. The van der Waals surface area contributed by atoms with Crippen molar-refractivity contribution in [3.8, 4) is 11.6 Å². The number of pyridine rings is 2. The molecule has 7 heteroatoms. The van der Waals surface area contributed by atoms with Crippen LogP contribution in [0.5, 0.6) is 11.6 Å². The Kier molecular flexibility index (Phi) is 6.01. The summed E-state index contributed by atoms with van der Waals surface area (Å²) in [5.74, 6) is 0.713. The first-order valence-corrected chi connectivity index (χ1v) is 7.14. The molecule has 0 aliphatic rings. The molecule has 0 atom stereocenters. The van der Waals surface area contributed by atoms with Crippen molar-refractivity contribution in [1.29, 1.82) is 0 Å². The molecular weight excluding hydrogens is 308 g/mol. The number of aromatic nitrogens is 2. The highest BCUT2D eigenvalue weighted by Gasteiger charge is 2.11. The number of allylic oxidation sites excluding steroid dienone is 1. The maximum Gasteiger partial charge on any atom is 0.213 e. The normalized spacial score (nSPS) is 11.5. The number of ether oxygens (including phenoxy) is 2. The molecule has 0 amide bonds. The van der Waals surface area contributed by atoms with Gasteiger partial charge in [0.1, 0.15) is 12.4 Å². The van der Waals surface area contributed by atoms with Gasteiger partial charge < -0.3 is 15.2 Å². The summed E-state index contributed by atoms with van der Waals surface area (Å²) in [6, 6.07) is 5.19. The van der Waals surface area contributed by atoms with E-state index < -0.39 is 0 Å². The van der Waals surface area contributed by atoms with Gasteiger partial charge in [0.2, 0.25) is 5.88 Å². The highest BCUT2D eigenvalue weighted by atomic mass is 16.5. The van der Waals surface area contributed by atoms with Crippen LogP contribution in [0.4, 0.5) is 0 Å². The fraction of sp³-hybridized carbons (Fsp3) is 0.176. The van der Waals surface area contributed by atoms with E-state index in [9.17, 15) is 4.79 Å². The number of methoxy groups -OCH3 is 1. The highest BCUT2D eigenvalue weighted by Crippen LogP contribution is 2.21. The number of rotatable bonds is 7. The third-order valence-corrected chi connectivity index (χ3v) is 3.22. The Bertz CT molecular complexity index is 772. The van der Waals surface area contributed by atoms with Crippen LogP contribution >= 0.6 is 0 Å². The average Bonchev–Trinajstić information content (AvgIpc) is 2.64. The average molecular weight is 326 g/mol. The van der Waals surface area contributed by atoms with Gasteiger partial charge in [-0.05, 0) is 18.3 Å². The van der Waals surface area contributed by atoms with Crippen molar-refractivity contribution in [2.24, 2.45) is 10.7 Å². The first-order valence-electron chi connectivity index (χ1n) is 7.14. The van der Waals surface area contributed by atoms with E-state index >= 15 is 0 Å². The lowest BCUT2D eigenvalue weighted by Gasteiger charge is -2.11. The fourth-order valence-corrected chi connectivity index (χ4v) is 2.05. The molecule has 2 N–H and O–H groups in total. The summed E-state index contributed by atoms with van der Waals surface area (Å²) in [7, 11) is 3.14. The van der Waals surface area contributed by atoms with Crippen LogP contribution in [0.2, 0.25) is 0 Å². The quantitative estimate of drug-likeness (QED) is 0.615.